The predicted octanol–water partition coefficient (Wildman–Crippen LogP) is 3.05. The smallest absolute Gasteiger partial charge is 0.258 e. The summed E-state index contributed by atoms with van der Waals surface area (Å²) in [5.74, 6) is 0.771. The molecular formula is C23H30N4O3. The van der Waals surface area contributed by atoms with Gasteiger partial charge in [-0.05, 0) is 48.9 Å². The van der Waals surface area contributed by atoms with E-state index in [1.54, 1.807) is 18.2 Å². The van der Waals surface area contributed by atoms with Crippen LogP contribution >= 0.6 is 0 Å². The van der Waals surface area contributed by atoms with Gasteiger partial charge in [-0.15, -0.1) is 0 Å². The van der Waals surface area contributed by atoms with Gasteiger partial charge in [0, 0.05) is 11.6 Å². The number of carbonyl (C=O) groups excluding carboxylic acids is 1. The third-order valence-electron chi connectivity index (χ3n) is 4.95. The number of para-hydroxylation sites is 1. The fourth-order valence-electron chi connectivity index (χ4n) is 3.46. The molecule has 1 aliphatic rings. The molecule has 7 nitrogen and oxygen atoms in total. The average molecular weight is 411 g/mol. The maximum Gasteiger partial charge on any atom is 0.258 e. The van der Waals surface area contributed by atoms with Gasteiger partial charge in [0.25, 0.3) is 5.91 Å². The number of phenols is 1. The predicted molar refractivity (Wildman–Crippen MR) is 117 cm³/mol. The fourth-order valence-corrected chi connectivity index (χ4v) is 3.46. The minimum Gasteiger partial charge on any atom is -0.504 e. The standard InChI is InChI=1S/C23H30N4O3/c1-4-30-21-7-5-6-18(22(21)28)14-24-27-23(29)20-13-19(25-26-20)17-10-8-16(9-11-17)12-15(2)3/h5-11,14-15,19-20,25-26,28H,4,12-13H2,1-3H3,(H,27,29)/b24-14+. The molecule has 1 heterocycles. The number of carbonyl (C=O) groups is 1. The molecule has 0 radical (unpaired) electrons. The van der Waals surface area contributed by atoms with Gasteiger partial charge in [-0.25, -0.2) is 16.3 Å². The van der Waals surface area contributed by atoms with Gasteiger partial charge in [0.15, 0.2) is 11.5 Å². The number of hydrogen-bond acceptors (Lipinski definition) is 6. The Morgan fingerprint density at radius 2 is 2.03 bits per heavy atom. The first-order valence-electron chi connectivity index (χ1n) is 10.4. The Labute approximate surface area is 177 Å². The molecule has 4 N–H and O–H groups in total. The third kappa shape index (κ3) is 5.58. The minimum atomic E-state index is -0.397. The highest BCUT2D eigenvalue weighted by atomic mass is 16.5. The van der Waals surface area contributed by atoms with Crippen LogP contribution in [0, 0.1) is 5.92 Å². The molecule has 0 saturated carbocycles. The highest BCUT2D eigenvalue weighted by molar-refractivity contribution is 5.87. The van der Waals surface area contributed by atoms with Crippen LogP contribution in [0.25, 0.3) is 0 Å². The van der Waals surface area contributed by atoms with Gasteiger partial charge in [-0.2, -0.15) is 5.10 Å². The summed E-state index contributed by atoms with van der Waals surface area (Å²) in [5.41, 5.74) is 11.7. The Morgan fingerprint density at radius 1 is 1.27 bits per heavy atom. The molecule has 2 aromatic carbocycles. The Kier molecular flexibility index (Phi) is 7.43. The molecule has 1 fully saturated rings. The van der Waals surface area contributed by atoms with Crippen LogP contribution in [0.3, 0.4) is 0 Å². The van der Waals surface area contributed by atoms with E-state index in [2.05, 4.69) is 59.5 Å². The summed E-state index contributed by atoms with van der Waals surface area (Å²) in [6, 6.07) is 13.3. The Balaban J connectivity index is 1.54. The number of nitrogens with one attached hydrogen (secondary N) is 3. The van der Waals surface area contributed by atoms with Crippen LogP contribution in [0.15, 0.2) is 47.6 Å². The number of ether oxygens (including phenoxy) is 1. The van der Waals surface area contributed by atoms with Crippen LogP contribution in [0.4, 0.5) is 0 Å². The summed E-state index contributed by atoms with van der Waals surface area (Å²) in [6.07, 6.45) is 3.09. The number of benzene rings is 2. The van der Waals surface area contributed by atoms with E-state index in [4.69, 9.17) is 4.74 Å². The zero-order chi connectivity index (χ0) is 21.5. The zero-order valence-corrected chi connectivity index (χ0v) is 17.7. The average Bonchev–Trinajstić information content (AvgIpc) is 3.21. The van der Waals surface area contributed by atoms with E-state index >= 15 is 0 Å². The van der Waals surface area contributed by atoms with Crippen LogP contribution in [0.5, 0.6) is 11.5 Å². The van der Waals surface area contributed by atoms with Gasteiger partial charge < -0.3 is 9.84 Å². The van der Waals surface area contributed by atoms with E-state index in [-0.39, 0.29) is 17.7 Å². The monoisotopic (exact) mass is 410 g/mol. The van der Waals surface area contributed by atoms with Crippen LogP contribution in [-0.4, -0.2) is 29.9 Å². The van der Waals surface area contributed by atoms with Crippen molar-refractivity contribution in [2.75, 3.05) is 6.61 Å². The van der Waals surface area contributed by atoms with E-state index in [0.29, 0.717) is 30.3 Å². The highest BCUT2D eigenvalue weighted by Gasteiger charge is 2.30. The number of hydrazone groups is 1. The zero-order valence-electron chi connectivity index (χ0n) is 17.7. The lowest BCUT2D eigenvalue weighted by Gasteiger charge is -2.11. The number of rotatable bonds is 8. The number of hydrazine groups is 1. The van der Waals surface area contributed by atoms with Crippen molar-refractivity contribution in [1.29, 1.82) is 0 Å². The second kappa shape index (κ2) is 10.2. The molecule has 7 heteroatoms. The molecule has 0 aliphatic carbocycles. The molecular weight excluding hydrogens is 380 g/mol. The SMILES string of the molecule is CCOc1cccc(/C=N/NC(=O)C2CC(c3ccc(CC(C)C)cc3)NN2)c1O. The number of amides is 1. The van der Waals surface area contributed by atoms with Gasteiger partial charge in [0.05, 0.1) is 12.8 Å². The topological polar surface area (TPSA) is 95.0 Å². The lowest BCUT2D eigenvalue weighted by atomic mass is 9.97. The van der Waals surface area contributed by atoms with Gasteiger partial charge in [0.2, 0.25) is 0 Å². The quantitative estimate of drug-likeness (QED) is 0.396. The summed E-state index contributed by atoms with van der Waals surface area (Å²) in [7, 11) is 0. The molecule has 1 aliphatic heterocycles. The molecule has 0 aromatic heterocycles. The number of hydrogen-bond donors (Lipinski definition) is 4. The van der Waals surface area contributed by atoms with Gasteiger partial charge in [-0.3, -0.25) is 4.79 Å². The number of phenolic OH excluding ortho intramolecular Hbond substituents is 1. The lowest BCUT2D eigenvalue weighted by Crippen LogP contribution is -2.41. The second-order valence-corrected chi connectivity index (χ2v) is 7.83. The molecule has 2 atom stereocenters. The van der Waals surface area contributed by atoms with Crippen LogP contribution in [-0.2, 0) is 11.2 Å². The molecule has 1 saturated heterocycles. The molecule has 160 valence electrons. The summed E-state index contributed by atoms with van der Waals surface area (Å²) < 4.78 is 5.35. The van der Waals surface area contributed by atoms with Crippen molar-refractivity contribution >= 4 is 12.1 Å². The van der Waals surface area contributed by atoms with Crippen molar-refractivity contribution < 1.29 is 14.6 Å². The molecule has 2 aromatic rings. The summed E-state index contributed by atoms with van der Waals surface area (Å²) in [5, 5.41) is 14.2. The van der Waals surface area contributed by atoms with E-state index in [0.717, 1.165) is 12.0 Å². The Morgan fingerprint density at radius 3 is 2.73 bits per heavy atom. The molecule has 3 rings (SSSR count). The lowest BCUT2D eigenvalue weighted by molar-refractivity contribution is -0.122. The fraction of sp³-hybridized carbons (Fsp3) is 0.391. The molecule has 0 bridgehead atoms. The Hall–Kier alpha value is -2.90. The largest absolute Gasteiger partial charge is 0.504 e. The van der Waals surface area contributed by atoms with E-state index in [9.17, 15) is 9.90 Å². The van der Waals surface area contributed by atoms with Crippen molar-refractivity contribution in [3.63, 3.8) is 0 Å². The minimum absolute atomic E-state index is 0.000940. The second-order valence-electron chi connectivity index (χ2n) is 7.83. The van der Waals surface area contributed by atoms with E-state index in [1.807, 2.05) is 6.92 Å². The molecule has 0 spiro atoms. The maximum absolute atomic E-state index is 12.4. The first-order chi connectivity index (χ1) is 14.5. The van der Waals surface area contributed by atoms with Crippen LogP contribution in [0.1, 0.15) is 49.9 Å². The maximum atomic E-state index is 12.4. The van der Waals surface area contributed by atoms with Crippen molar-refractivity contribution in [3.8, 4) is 11.5 Å². The Bertz CT molecular complexity index is 881. The number of aromatic hydroxyl groups is 1. The number of nitrogens with zero attached hydrogens (tertiary/aromatic N) is 1. The van der Waals surface area contributed by atoms with E-state index in [1.165, 1.54) is 11.8 Å². The highest BCUT2D eigenvalue weighted by Crippen LogP contribution is 2.28. The molecule has 2 unspecified atom stereocenters. The van der Waals surface area contributed by atoms with Gasteiger partial charge >= 0.3 is 0 Å². The molecule has 30 heavy (non-hydrogen) atoms. The van der Waals surface area contributed by atoms with Gasteiger partial charge in [-0.1, -0.05) is 44.2 Å². The van der Waals surface area contributed by atoms with Gasteiger partial charge in [0.1, 0.15) is 6.04 Å². The van der Waals surface area contributed by atoms with Crippen LogP contribution < -0.4 is 21.0 Å². The summed E-state index contributed by atoms with van der Waals surface area (Å²) in [4.78, 5) is 12.4. The van der Waals surface area contributed by atoms with Crippen molar-refractivity contribution in [1.82, 2.24) is 16.3 Å². The molecule has 1 amide bonds. The normalized spacial score (nSPS) is 18.8. The summed E-state index contributed by atoms with van der Waals surface area (Å²) in [6.45, 7) is 6.71. The first-order valence-corrected chi connectivity index (χ1v) is 10.4. The third-order valence-corrected chi connectivity index (χ3v) is 4.95. The van der Waals surface area contributed by atoms with Crippen molar-refractivity contribution in [3.05, 3.63) is 59.2 Å². The summed E-state index contributed by atoms with van der Waals surface area (Å²) >= 11 is 0. The van der Waals surface area contributed by atoms with Crippen LogP contribution in [0.2, 0.25) is 0 Å². The van der Waals surface area contributed by atoms with Crippen molar-refractivity contribution in [2.45, 2.75) is 45.7 Å². The van der Waals surface area contributed by atoms with Crippen molar-refractivity contribution in [2.24, 2.45) is 11.0 Å². The van der Waals surface area contributed by atoms with E-state index < -0.39 is 6.04 Å². The first kappa shape index (κ1) is 21.8.